The number of nitrogens with zero attached hydrogens (tertiary/aromatic N) is 1. The van der Waals surface area contributed by atoms with Gasteiger partial charge >= 0.3 is 0 Å². The van der Waals surface area contributed by atoms with E-state index in [0.29, 0.717) is 18.0 Å². The van der Waals surface area contributed by atoms with Gasteiger partial charge in [-0.2, -0.15) is 5.26 Å². The Morgan fingerprint density at radius 1 is 0.929 bits per heavy atom. The van der Waals surface area contributed by atoms with E-state index in [1.165, 1.54) is 18.3 Å². The van der Waals surface area contributed by atoms with Gasteiger partial charge in [-0.1, -0.05) is 48.5 Å². The topological polar surface area (TPSA) is 79.2 Å². The normalized spacial score (nSPS) is 11.5. The molecule has 0 heterocycles. The molecule has 28 heavy (non-hydrogen) atoms. The summed E-state index contributed by atoms with van der Waals surface area (Å²) in [4.78, 5) is -0.280. The molecule has 3 aromatic carbocycles. The third-order valence-corrected chi connectivity index (χ3v) is 5.61. The number of hydrogen-bond donors (Lipinski definition) is 1. The maximum absolute atomic E-state index is 12.5. The Kier molecular flexibility index (Phi) is 6.10. The lowest BCUT2D eigenvalue weighted by Gasteiger charge is -2.08. The lowest BCUT2D eigenvalue weighted by atomic mass is 10.2. The monoisotopic (exact) mass is 390 g/mol. The van der Waals surface area contributed by atoms with Crippen molar-refractivity contribution in [3.8, 4) is 11.8 Å². The quantitative estimate of drug-likeness (QED) is 0.600. The predicted octanol–water partition coefficient (Wildman–Crippen LogP) is 4.52. The van der Waals surface area contributed by atoms with Crippen molar-refractivity contribution in [1.29, 1.82) is 5.26 Å². The summed E-state index contributed by atoms with van der Waals surface area (Å²) in [5.74, 6) is 0.691. The average molecular weight is 390 g/mol. The molecule has 0 aromatic heterocycles. The van der Waals surface area contributed by atoms with Gasteiger partial charge in [-0.25, -0.2) is 8.42 Å². The van der Waals surface area contributed by atoms with Crippen LogP contribution < -0.4 is 10.1 Å². The van der Waals surface area contributed by atoms with E-state index >= 15 is 0 Å². The zero-order chi connectivity index (χ0) is 19.8. The van der Waals surface area contributed by atoms with Crippen LogP contribution in [0.15, 0.2) is 101 Å². The molecule has 0 fully saturated rings. The van der Waals surface area contributed by atoms with Gasteiger partial charge in [-0.15, -0.1) is 0 Å². The van der Waals surface area contributed by atoms with Crippen LogP contribution in [-0.2, 0) is 16.4 Å². The zero-order valence-electron chi connectivity index (χ0n) is 14.9. The summed E-state index contributed by atoms with van der Waals surface area (Å²) in [5.41, 5.74) is 1.71. The van der Waals surface area contributed by atoms with E-state index < -0.39 is 9.84 Å². The van der Waals surface area contributed by atoms with Crippen molar-refractivity contribution in [1.82, 2.24) is 0 Å². The van der Waals surface area contributed by atoms with E-state index in [1.807, 2.05) is 30.3 Å². The summed E-state index contributed by atoms with van der Waals surface area (Å²) in [6.07, 6.45) is 1.20. The molecule has 0 amide bonds. The van der Waals surface area contributed by atoms with E-state index in [1.54, 1.807) is 48.5 Å². The first-order chi connectivity index (χ1) is 13.6. The van der Waals surface area contributed by atoms with Gasteiger partial charge < -0.3 is 10.1 Å². The maximum atomic E-state index is 12.5. The molecule has 3 rings (SSSR count). The van der Waals surface area contributed by atoms with Gasteiger partial charge in [0, 0.05) is 11.9 Å². The molecule has 3 aromatic rings. The van der Waals surface area contributed by atoms with E-state index in [9.17, 15) is 13.7 Å². The maximum Gasteiger partial charge on any atom is 0.218 e. The van der Waals surface area contributed by atoms with Crippen molar-refractivity contribution in [2.24, 2.45) is 0 Å². The minimum absolute atomic E-state index is 0.0780. The Balaban J connectivity index is 1.67. The Morgan fingerprint density at radius 2 is 1.54 bits per heavy atom. The van der Waals surface area contributed by atoms with Crippen molar-refractivity contribution in [2.45, 2.75) is 11.5 Å². The van der Waals surface area contributed by atoms with Crippen LogP contribution in [0.3, 0.4) is 0 Å². The smallest absolute Gasteiger partial charge is 0.218 e. The lowest BCUT2D eigenvalue weighted by Crippen LogP contribution is -2.05. The summed E-state index contributed by atoms with van der Waals surface area (Å²) in [6.45, 7) is 0.460. The number of allylic oxidation sites excluding steroid dienone is 1. The molecule has 0 aliphatic carbocycles. The molecular formula is C22H18N2O3S. The summed E-state index contributed by atoms with van der Waals surface area (Å²) < 4.78 is 30.7. The third-order valence-electron chi connectivity index (χ3n) is 3.93. The van der Waals surface area contributed by atoms with Crippen LogP contribution in [-0.4, -0.2) is 8.42 Å². The third kappa shape index (κ3) is 4.78. The Bertz CT molecular complexity index is 1090. The van der Waals surface area contributed by atoms with Gasteiger partial charge in [0.1, 0.15) is 18.4 Å². The molecule has 140 valence electrons. The molecule has 0 radical (unpaired) electrons. The first kappa shape index (κ1) is 19.2. The number of sulfone groups is 1. The number of nitriles is 1. The highest BCUT2D eigenvalue weighted by molar-refractivity contribution is 7.95. The van der Waals surface area contributed by atoms with E-state index in [4.69, 9.17) is 4.74 Å². The first-order valence-corrected chi connectivity index (χ1v) is 10.0. The van der Waals surface area contributed by atoms with Crippen LogP contribution in [0.25, 0.3) is 0 Å². The minimum Gasteiger partial charge on any atom is -0.489 e. The van der Waals surface area contributed by atoms with Gasteiger partial charge in [0.25, 0.3) is 0 Å². The van der Waals surface area contributed by atoms with Gasteiger partial charge in [-0.3, -0.25) is 0 Å². The second-order valence-corrected chi connectivity index (χ2v) is 7.80. The van der Waals surface area contributed by atoms with Crippen LogP contribution in [0.1, 0.15) is 5.56 Å². The molecule has 0 saturated heterocycles. The second kappa shape index (κ2) is 8.89. The van der Waals surface area contributed by atoms with Crippen LogP contribution in [0.4, 0.5) is 5.69 Å². The number of anilines is 1. The van der Waals surface area contributed by atoms with Gasteiger partial charge in [-0.05, 0) is 42.0 Å². The number of hydrogen-bond acceptors (Lipinski definition) is 5. The van der Waals surface area contributed by atoms with Gasteiger partial charge in [0.05, 0.1) is 4.90 Å². The molecule has 0 aliphatic heterocycles. The van der Waals surface area contributed by atoms with Crippen LogP contribution >= 0.6 is 0 Å². The summed E-state index contributed by atoms with van der Waals surface area (Å²) in [6, 6.07) is 26.5. The number of nitrogens with one attached hydrogen (secondary N) is 1. The highest BCUT2D eigenvalue weighted by atomic mass is 32.2. The van der Waals surface area contributed by atoms with Gasteiger partial charge in [0.15, 0.2) is 4.91 Å². The first-order valence-electron chi connectivity index (χ1n) is 8.53. The van der Waals surface area contributed by atoms with Gasteiger partial charge in [0.2, 0.25) is 9.84 Å². The fourth-order valence-electron chi connectivity index (χ4n) is 2.43. The summed E-state index contributed by atoms with van der Waals surface area (Å²) in [5, 5.41) is 12.1. The van der Waals surface area contributed by atoms with Crippen molar-refractivity contribution < 1.29 is 13.2 Å². The Labute approximate surface area is 164 Å². The Hall–Kier alpha value is -3.56. The number of ether oxygens (including phenoxy) is 1. The molecule has 0 bridgehead atoms. The molecular weight excluding hydrogens is 372 g/mol. The van der Waals surface area contributed by atoms with Crippen molar-refractivity contribution >= 4 is 15.5 Å². The molecule has 0 atom stereocenters. The molecule has 0 saturated carbocycles. The lowest BCUT2D eigenvalue weighted by molar-refractivity contribution is 0.306. The fourth-order valence-corrected chi connectivity index (χ4v) is 3.54. The summed E-state index contributed by atoms with van der Waals surface area (Å²) >= 11 is 0. The molecule has 5 nitrogen and oxygen atoms in total. The SMILES string of the molecule is N#CC(=CNc1ccc(OCc2ccccc2)cc1)S(=O)(=O)c1ccccc1. The molecule has 0 unspecified atom stereocenters. The highest BCUT2D eigenvalue weighted by Gasteiger charge is 2.20. The molecule has 0 aliphatic rings. The average Bonchev–Trinajstić information content (AvgIpc) is 2.75. The minimum atomic E-state index is -3.86. The standard InChI is InChI=1S/C22H18N2O3S/c23-15-22(28(25,26)21-9-5-2-6-10-21)16-24-19-11-13-20(14-12-19)27-17-18-7-3-1-4-8-18/h1-14,16,24H,17H2. The van der Waals surface area contributed by atoms with E-state index in [-0.39, 0.29) is 9.80 Å². The highest BCUT2D eigenvalue weighted by Crippen LogP contribution is 2.20. The van der Waals surface area contributed by atoms with Crippen molar-refractivity contribution in [3.63, 3.8) is 0 Å². The van der Waals surface area contributed by atoms with Crippen LogP contribution in [0.5, 0.6) is 5.75 Å². The summed E-state index contributed by atoms with van der Waals surface area (Å²) in [7, 11) is -3.86. The van der Waals surface area contributed by atoms with E-state index in [2.05, 4.69) is 5.32 Å². The predicted molar refractivity (Wildman–Crippen MR) is 108 cm³/mol. The number of rotatable bonds is 7. The largest absolute Gasteiger partial charge is 0.489 e. The molecule has 1 N–H and O–H groups in total. The molecule has 6 heteroatoms. The second-order valence-electron chi connectivity index (χ2n) is 5.88. The number of benzene rings is 3. The van der Waals surface area contributed by atoms with E-state index in [0.717, 1.165) is 5.56 Å². The zero-order valence-corrected chi connectivity index (χ0v) is 15.8. The van der Waals surface area contributed by atoms with Crippen molar-refractivity contribution in [3.05, 3.63) is 102 Å². The fraction of sp³-hybridized carbons (Fsp3) is 0.0455. The van der Waals surface area contributed by atoms with Crippen LogP contribution in [0.2, 0.25) is 0 Å². The molecule has 0 spiro atoms. The van der Waals surface area contributed by atoms with Crippen LogP contribution in [0, 0.1) is 11.3 Å². The Morgan fingerprint density at radius 3 is 2.14 bits per heavy atom. The van der Waals surface area contributed by atoms with Crippen molar-refractivity contribution in [2.75, 3.05) is 5.32 Å².